The summed E-state index contributed by atoms with van der Waals surface area (Å²) in [4.78, 5) is 62.0. The summed E-state index contributed by atoms with van der Waals surface area (Å²) in [6.45, 7) is 9.36. The maximum Gasteiger partial charge on any atom is 0.305 e. The fraction of sp³-hybridized carbons (Fsp3) is 0.686. The van der Waals surface area contributed by atoms with Crippen LogP contribution in [0.2, 0.25) is 0 Å². The Morgan fingerprint density at radius 3 is 1.65 bits per heavy atom. The van der Waals surface area contributed by atoms with Crippen LogP contribution in [0.5, 0.6) is 0 Å². The second kappa shape index (κ2) is 26.3. The molecule has 4 amide bonds. The molecule has 17 heteroatoms. The summed E-state index contributed by atoms with van der Waals surface area (Å²) in [6, 6.07) is 3.89. The highest BCUT2D eigenvalue weighted by Gasteiger charge is 2.45. The molecule has 52 heavy (non-hydrogen) atoms. The molecule has 2 heterocycles. The molecule has 17 nitrogen and oxygen atoms in total. The monoisotopic (exact) mass is 739 g/mol. The number of hydrogen-bond donors (Lipinski definition) is 2. The number of imide groups is 2. The van der Waals surface area contributed by atoms with Gasteiger partial charge in [0.25, 0.3) is 11.8 Å². The molecule has 2 aliphatic rings. The van der Waals surface area contributed by atoms with Gasteiger partial charge in [0.15, 0.2) is 0 Å². The van der Waals surface area contributed by atoms with Gasteiger partial charge < -0.3 is 47.9 Å². The highest BCUT2D eigenvalue weighted by atomic mass is 16.6. The average Bonchev–Trinajstić information content (AvgIpc) is 3.38. The van der Waals surface area contributed by atoms with Gasteiger partial charge in [-0.3, -0.25) is 34.2 Å². The van der Waals surface area contributed by atoms with E-state index in [4.69, 9.17) is 42.6 Å². The first-order valence-electron chi connectivity index (χ1n) is 17.8. The molecule has 1 aromatic carbocycles. The van der Waals surface area contributed by atoms with Crippen LogP contribution in [0.3, 0.4) is 0 Å². The first-order valence-corrected chi connectivity index (χ1v) is 17.8. The van der Waals surface area contributed by atoms with Gasteiger partial charge in [-0.1, -0.05) is 13.0 Å². The van der Waals surface area contributed by atoms with Gasteiger partial charge in [0.1, 0.15) is 12.6 Å². The average molecular weight is 740 g/mol. The first-order chi connectivity index (χ1) is 25.4. The van der Waals surface area contributed by atoms with Crippen molar-refractivity contribution < 1.29 is 66.6 Å². The molecule has 0 aliphatic carbocycles. The van der Waals surface area contributed by atoms with Gasteiger partial charge in [0, 0.05) is 25.1 Å². The third-order valence-corrected chi connectivity index (χ3v) is 7.58. The van der Waals surface area contributed by atoms with Crippen LogP contribution in [0.4, 0.5) is 5.69 Å². The Morgan fingerprint density at radius 1 is 0.692 bits per heavy atom. The van der Waals surface area contributed by atoms with Crippen molar-refractivity contribution in [1.29, 1.82) is 0 Å². The van der Waals surface area contributed by atoms with Gasteiger partial charge in [-0.15, -0.1) is 0 Å². The summed E-state index contributed by atoms with van der Waals surface area (Å²) < 4.78 is 48.7. The van der Waals surface area contributed by atoms with Crippen molar-refractivity contribution in [2.75, 3.05) is 124 Å². The van der Waals surface area contributed by atoms with E-state index in [1.165, 1.54) is 0 Å². The van der Waals surface area contributed by atoms with Crippen LogP contribution in [-0.2, 0) is 57.0 Å². The number of esters is 1. The number of benzene rings is 1. The van der Waals surface area contributed by atoms with Crippen LogP contribution in [0.15, 0.2) is 18.2 Å². The van der Waals surface area contributed by atoms with Gasteiger partial charge in [-0.2, -0.15) is 0 Å². The predicted molar refractivity (Wildman–Crippen MR) is 184 cm³/mol. The molecule has 0 saturated carbocycles. The number of fused-ring (bicyclic) bond motifs is 1. The molecule has 0 aromatic heterocycles. The third kappa shape index (κ3) is 16.0. The van der Waals surface area contributed by atoms with E-state index >= 15 is 0 Å². The molecule has 0 bridgehead atoms. The number of hydrogen-bond acceptors (Lipinski definition) is 15. The lowest BCUT2D eigenvalue weighted by Gasteiger charge is -2.27. The van der Waals surface area contributed by atoms with Crippen LogP contribution in [0, 0.1) is 0 Å². The number of ether oxygens (including phenoxy) is 9. The van der Waals surface area contributed by atoms with Crippen LogP contribution < -0.4 is 10.6 Å². The minimum atomic E-state index is -1.01. The Labute approximate surface area is 304 Å². The molecule has 0 spiro atoms. The molecule has 1 atom stereocenters. The van der Waals surface area contributed by atoms with E-state index in [1.54, 1.807) is 18.2 Å². The van der Waals surface area contributed by atoms with Gasteiger partial charge in [0.2, 0.25) is 11.8 Å². The summed E-state index contributed by atoms with van der Waals surface area (Å²) in [7, 11) is 0. The fourth-order valence-corrected chi connectivity index (χ4v) is 5.05. The highest BCUT2D eigenvalue weighted by Crippen LogP contribution is 2.32. The number of nitrogens with one attached hydrogen (secondary N) is 2. The largest absolute Gasteiger partial charge is 0.463 e. The van der Waals surface area contributed by atoms with Crippen LogP contribution in [0.25, 0.3) is 0 Å². The lowest BCUT2D eigenvalue weighted by molar-refractivity contribution is -0.145. The second-order valence-corrected chi connectivity index (χ2v) is 11.5. The lowest BCUT2D eigenvalue weighted by atomic mass is 10.0. The zero-order valence-corrected chi connectivity index (χ0v) is 30.0. The van der Waals surface area contributed by atoms with Crippen molar-refractivity contribution in [2.24, 2.45) is 0 Å². The van der Waals surface area contributed by atoms with Crippen molar-refractivity contribution >= 4 is 35.3 Å². The van der Waals surface area contributed by atoms with E-state index in [9.17, 15) is 24.0 Å². The summed E-state index contributed by atoms with van der Waals surface area (Å²) in [5, 5.41) is 5.32. The molecule has 2 N–H and O–H groups in total. The zero-order valence-electron chi connectivity index (χ0n) is 30.0. The Balaban J connectivity index is 1.04. The van der Waals surface area contributed by atoms with E-state index in [2.05, 4.69) is 10.6 Å². The quantitative estimate of drug-likeness (QED) is 0.0621. The number of piperidine rings is 1. The molecule has 0 radical (unpaired) electrons. The Kier molecular flexibility index (Phi) is 21.6. The Morgan fingerprint density at radius 2 is 1.17 bits per heavy atom. The normalized spacial score (nSPS) is 15.6. The number of anilines is 1. The first kappa shape index (κ1) is 42.9. The van der Waals surface area contributed by atoms with E-state index in [1.807, 2.05) is 6.92 Å². The van der Waals surface area contributed by atoms with Gasteiger partial charge in [0.05, 0.1) is 117 Å². The van der Waals surface area contributed by atoms with Gasteiger partial charge in [-0.25, -0.2) is 0 Å². The molecule has 2 aliphatic heterocycles. The van der Waals surface area contributed by atoms with Gasteiger partial charge in [-0.05, 0) is 25.0 Å². The maximum atomic E-state index is 13.1. The molecule has 3 rings (SSSR count). The van der Waals surface area contributed by atoms with E-state index in [0.29, 0.717) is 124 Å². The lowest BCUT2D eigenvalue weighted by Crippen LogP contribution is -2.54. The van der Waals surface area contributed by atoms with E-state index < -0.39 is 29.7 Å². The number of nitrogens with zero attached hydrogens (tertiary/aromatic N) is 1. The van der Waals surface area contributed by atoms with Crippen LogP contribution in [0.1, 0.15) is 53.3 Å². The van der Waals surface area contributed by atoms with Crippen molar-refractivity contribution in [2.45, 2.75) is 38.6 Å². The Hall–Kier alpha value is -3.55. The standard InChI is InChI=1S/C35H53N3O14/c1-2-4-31(40)52-26-25-51-24-23-50-22-21-49-20-19-48-18-17-47-16-15-46-14-13-45-12-11-44-10-9-36-28-6-3-5-27-32(28)35(43)38(34(27)42)29-7-8-30(39)37-33(29)41/h3,5-6,29,36H,2,4,7-26H2,1H3,(H,37,39,41). The number of rotatable bonds is 31. The molecule has 1 fully saturated rings. The number of amides is 4. The molecular formula is C35H53N3O14. The van der Waals surface area contributed by atoms with Crippen molar-refractivity contribution in [3.63, 3.8) is 0 Å². The molecule has 1 aromatic rings. The summed E-state index contributed by atoms with van der Waals surface area (Å²) in [5.41, 5.74) is 0.900. The van der Waals surface area contributed by atoms with Crippen LogP contribution >= 0.6 is 0 Å². The van der Waals surface area contributed by atoms with Crippen molar-refractivity contribution in [1.82, 2.24) is 10.2 Å². The molecule has 1 unspecified atom stereocenters. The van der Waals surface area contributed by atoms with Crippen molar-refractivity contribution in [3.05, 3.63) is 29.3 Å². The fourth-order valence-electron chi connectivity index (χ4n) is 5.05. The van der Waals surface area contributed by atoms with Crippen LogP contribution in [-0.4, -0.2) is 159 Å². The van der Waals surface area contributed by atoms with Crippen molar-refractivity contribution in [3.8, 4) is 0 Å². The predicted octanol–water partition coefficient (Wildman–Crippen LogP) is 0.976. The van der Waals surface area contributed by atoms with E-state index in [-0.39, 0.29) is 36.5 Å². The minimum Gasteiger partial charge on any atom is -0.463 e. The SMILES string of the molecule is CCCC(=O)OCCOCCOCCOCCOCCOCCOCCOCCOCCNc1cccc2c1C(=O)N(C1CCC(=O)NC1=O)C2=O. The topological polar surface area (TPSA) is 196 Å². The van der Waals surface area contributed by atoms with E-state index in [0.717, 1.165) is 11.3 Å². The third-order valence-electron chi connectivity index (χ3n) is 7.58. The summed E-state index contributed by atoms with van der Waals surface area (Å²) in [5.74, 6) is -2.38. The molecular weight excluding hydrogens is 686 g/mol. The van der Waals surface area contributed by atoms with Gasteiger partial charge >= 0.3 is 5.97 Å². The minimum absolute atomic E-state index is 0.0641. The Bertz CT molecular complexity index is 1250. The summed E-state index contributed by atoms with van der Waals surface area (Å²) in [6.07, 6.45) is 1.37. The zero-order chi connectivity index (χ0) is 37.2. The highest BCUT2D eigenvalue weighted by molar-refractivity contribution is 6.25. The molecule has 1 saturated heterocycles. The summed E-state index contributed by atoms with van der Waals surface area (Å²) >= 11 is 0. The number of carbonyl (C=O) groups excluding carboxylic acids is 5. The maximum absolute atomic E-state index is 13.1. The smallest absolute Gasteiger partial charge is 0.305 e. The number of carbonyl (C=O) groups is 5. The molecule has 292 valence electrons. The second-order valence-electron chi connectivity index (χ2n) is 11.5.